The largest absolute Gasteiger partial charge is 0.278 e. The van der Waals surface area contributed by atoms with Crippen molar-refractivity contribution >= 4 is 5.91 Å². The quantitative estimate of drug-likeness (QED) is 0.729. The van der Waals surface area contributed by atoms with E-state index in [1.54, 1.807) is 4.68 Å². The van der Waals surface area contributed by atoms with Gasteiger partial charge in [0.25, 0.3) is 5.91 Å². The van der Waals surface area contributed by atoms with Crippen LogP contribution in [0.3, 0.4) is 0 Å². The smallest absolute Gasteiger partial charge is 0.267 e. The maximum absolute atomic E-state index is 12.6. The van der Waals surface area contributed by atoms with Gasteiger partial charge in [-0.2, -0.15) is 5.10 Å². The first-order valence-corrected chi connectivity index (χ1v) is 8.21. The first-order valence-electron chi connectivity index (χ1n) is 8.21. The minimum Gasteiger partial charge on any atom is -0.267 e. The van der Waals surface area contributed by atoms with Crippen LogP contribution in [-0.4, -0.2) is 15.7 Å². The van der Waals surface area contributed by atoms with Crippen LogP contribution in [0, 0.1) is 20.8 Å². The molecule has 0 atom stereocenters. The summed E-state index contributed by atoms with van der Waals surface area (Å²) in [5, 5.41) is 4.47. The Morgan fingerprint density at radius 3 is 2.36 bits per heavy atom. The zero-order valence-corrected chi connectivity index (χ0v) is 14.1. The topological polar surface area (TPSA) is 34.9 Å². The number of nitrogens with zero attached hydrogens (tertiary/aromatic N) is 2. The number of rotatable bonds is 6. The molecule has 22 heavy (non-hydrogen) atoms. The summed E-state index contributed by atoms with van der Waals surface area (Å²) in [7, 11) is 0. The molecule has 0 unspecified atom stereocenters. The summed E-state index contributed by atoms with van der Waals surface area (Å²) in [5.74, 6) is -0.0413. The van der Waals surface area contributed by atoms with Gasteiger partial charge in [0, 0.05) is 11.3 Å². The van der Waals surface area contributed by atoms with E-state index in [2.05, 4.69) is 12.0 Å². The van der Waals surface area contributed by atoms with Crippen LogP contribution in [0.25, 0.3) is 0 Å². The highest BCUT2D eigenvalue weighted by Crippen LogP contribution is 2.18. The van der Waals surface area contributed by atoms with E-state index in [1.165, 1.54) is 31.2 Å². The highest BCUT2D eigenvalue weighted by atomic mass is 16.2. The Hall–Kier alpha value is -1.90. The summed E-state index contributed by atoms with van der Waals surface area (Å²) in [5.41, 5.74) is 5.04. The second-order valence-corrected chi connectivity index (χ2v) is 6.04. The SMILES string of the molecule is CCCCCCc1c(C)nn(C(=O)c2ccc(C)cc2)c1C. The van der Waals surface area contributed by atoms with Gasteiger partial charge in [-0.25, -0.2) is 4.68 Å². The molecule has 0 aliphatic rings. The van der Waals surface area contributed by atoms with E-state index < -0.39 is 0 Å². The second-order valence-electron chi connectivity index (χ2n) is 6.04. The predicted octanol–water partition coefficient (Wildman–Crippen LogP) is 4.62. The molecule has 1 heterocycles. The Kier molecular flexibility index (Phi) is 5.53. The number of carbonyl (C=O) groups is 1. The van der Waals surface area contributed by atoms with Gasteiger partial charge in [-0.15, -0.1) is 0 Å². The third kappa shape index (κ3) is 3.65. The molecule has 0 radical (unpaired) electrons. The van der Waals surface area contributed by atoms with Crippen LogP contribution in [0.15, 0.2) is 24.3 Å². The third-order valence-electron chi connectivity index (χ3n) is 4.21. The number of benzene rings is 1. The van der Waals surface area contributed by atoms with Crippen LogP contribution < -0.4 is 0 Å². The van der Waals surface area contributed by atoms with Crippen molar-refractivity contribution in [1.29, 1.82) is 0 Å². The number of unbranched alkanes of at least 4 members (excludes halogenated alkanes) is 3. The molecule has 1 aromatic heterocycles. The van der Waals surface area contributed by atoms with Crippen molar-refractivity contribution in [2.45, 2.75) is 59.8 Å². The highest BCUT2D eigenvalue weighted by molar-refractivity contribution is 5.95. The number of carbonyl (C=O) groups excluding carboxylic acids is 1. The molecule has 118 valence electrons. The molecule has 2 aromatic rings. The lowest BCUT2D eigenvalue weighted by Gasteiger charge is -2.05. The standard InChI is InChI=1S/C19H26N2O/c1-5-6-7-8-9-18-15(3)20-21(16(18)4)19(22)17-12-10-14(2)11-13-17/h10-13H,5-9H2,1-4H3. The molecule has 0 saturated carbocycles. The van der Waals surface area contributed by atoms with Gasteiger partial charge in [-0.05, 0) is 51.3 Å². The summed E-state index contributed by atoms with van der Waals surface area (Å²) in [6.45, 7) is 8.24. The molecular formula is C19H26N2O. The van der Waals surface area contributed by atoms with E-state index in [1.807, 2.05) is 45.0 Å². The van der Waals surface area contributed by atoms with Crippen molar-refractivity contribution in [3.63, 3.8) is 0 Å². The third-order valence-corrected chi connectivity index (χ3v) is 4.21. The maximum Gasteiger partial charge on any atom is 0.278 e. The van der Waals surface area contributed by atoms with Crippen LogP contribution in [0.1, 0.15) is 65.5 Å². The monoisotopic (exact) mass is 298 g/mol. The molecule has 0 aliphatic heterocycles. The fourth-order valence-corrected chi connectivity index (χ4v) is 2.78. The fraction of sp³-hybridized carbons (Fsp3) is 0.474. The van der Waals surface area contributed by atoms with E-state index >= 15 is 0 Å². The van der Waals surface area contributed by atoms with Gasteiger partial charge in [-0.1, -0.05) is 43.9 Å². The van der Waals surface area contributed by atoms with Crippen LogP contribution in [-0.2, 0) is 6.42 Å². The molecule has 0 spiro atoms. The molecule has 3 heteroatoms. The summed E-state index contributed by atoms with van der Waals surface area (Å²) < 4.78 is 1.56. The van der Waals surface area contributed by atoms with Gasteiger partial charge < -0.3 is 0 Å². The maximum atomic E-state index is 12.6. The van der Waals surface area contributed by atoms with Crippen molar-refractivity contribution in [2.24, 2.45) is 0 Å². The minimum atomic E-state index is -0.0413. The second kappa shape index (κ2) is 7.39. The Morgan fingerprint density at radius 1 is 1.05 bits per heavy atom. The molecule has 0 fully saturated rings. The molecular weight excluding hydrogens is 272 g/mol. The summed E-state index contributed by atoms with van der Waals surface area (Å²) in [6.07, 6.45) is 5.93. The van der Waals surface area contributed by atoms with Crippen molar-refractivity contribution in [2.75, 3.05) is 0 Å². The van der Waals surface area contributed by atoms with Crippen LogP contribution in [0.2, 0.25) is 0 Å². The molecule has 1 aromatic carbocycles. The minimum absolute atomic E-state index is 0.0413. The highest BCUT2D eigenvalue weighted by Gasteiger charge is 2.17. The number of aromatic nitrogens is 2. The zero-order chi connectivity index (χ0) is 16.1. The van der Waals surface area contributed by atoms with Gasteiger partial charge in [0.2, 0.25) is 0 Å². The zero-order valence-electron chi connectivity index (χ0n) is 14.1. The van der Waals surface area contributed by atoms with Gasteiger partial charge >= 0.3 is 0 Å². The van der Waals surface area contributed by atoms with E-state index in [0.717, 1.165) is 23.4 Å². The van der Waals surface area contributed by atoms with E-state index in [-0.39, 0.29) is 5.91 Å². The number of hydrogen-bond donors (Lipinski definition) is 0. The lowest BCUT2D eigenvalue weighted by atomic mass is 10.0. The van der Waals surface area contributed by atoms with Gasteiger partial charge in [0.1, 0.15) is 0 Å². The lowest BCUT2D eigenvalue weighted by molar-refractivity contribution is 0.0942. The average Bonchev–Trinajstić information content (AvgIpc) is 2.79. The van der Waals surface area contributed by atoms with Gasteiger partial charge in [-0.3, -0.25) is 4.79 Å². The predicted molar refractivity (Wildman–Crippen MR) is 90.5 cm³/mol. The molecule has 2 rings (SSSR count). The molecule has 3 nitrogen and oxygen atoms in total. The van der Waals surface area contributed by atoms with Crippen LogP contribution >= 0.6 is 0 Å². The number of hydrogen-bond acceptors (Lipinski definition) is 2. The summed E-state index contributed by atoms with van der Waals surface area (Å²) >= 11 is 0. The van der Waals surface area contributed by atoms with Crippen LogP contribution in [0.5, 0.6) is 0 Å². The van der Waals surface area contributed by atoms with Gasteiger partial charge in [0.05, 0.1) is 5.69 Å². The van der Waals surface area contributed by atoms with Crippen molar-refractivity contribution in [3.05, 3.63) is 52.3 Å². The summed E-state index contributed by atoms with van der Waals surface area (Å²) in [4.78, 5) is 12.6. The lowest BCUT2D eigenvalue weighted by Crippen LogP contribution is -2.15. The van der Waals surface area contributed by atoms with E-state index in [4.69, 9.17) is 0 Å². The van der Waals surface area contributed by atoms with E-state index in [0.29, 0.717) is 5.56 Å². The van der Waals surface area contributed by atoms with Crippen LogP contribution in [0.4, 0.5) is 0 Å². The van der Waals surface area contributed by atoms with Crippen molar-refractivity contribution in [3.8, 4) is 0 Å². The first kappa shape index (κ1) is 16.5. The molecule has 0 saturated heterocycles. The van der Waals surface area contributed by atoms with Crippen molar-refractivity contribution < 1.29 is 4.79 Å². The van der Waals surface area contributed by atoms with Crippen molar-refractivity contribution in [1.82, 2.24) is 9.78 Å². The summed E-state index contributed by atoms with van der Waals surface area (Å²) in [6, 6.07) is 7.67. The number of aryl methyl sites for hydroxylation is 2. The Bertz CT molecular complexity index is 638. The Labute approximate surface area is 133 Å². The molecule has 0 bridgehead atoms. The Morgan fingerprint density at radius 2 is 1.73 bits per heavy atom. The molecule has 0 amide bonds. The molecule has 0 N–H and O–H groups in total. The Balaban J connectivity index is 2.18. The molecule has 0 aliphatic carbocycles. The van der Waals surface area contributed by atoms with Gasteiger partial charge in [0.15, 0.2) is 0 Å². The normalized spacial score (nSPS) is 10.9. The fourth-order valence-electron chi connectivity index (χ4n) is 2.78. The van der Waals surface area contributed by atoms with E-state index in [9.17, 15) is 4.79 Å². The average molecular weight is 298 g/mol. The first-order chi connectivity index (χ1) is 10.5.